The highest BCUT2D eigenvalue weighted by Crippen LogP contribution is 2.38. The molecule has 2 aromatic rings. The number of hydrogen-bond acceptors (Lipinski definition) is 4. The molecule has 1 aliphatic carbocycles. The van der Waals surface area contributed by atoms with Gasteiger partial charge < -0.3 is 9.47 Å². The molecule has 0 amide bonds. The van der Waals surface area contributed by atoms with Gasteiger partial charge in [0.25, 0.3) is 0 Å². The van der Waals surface area contributed by atoms with Crippen molar-refractivity contribution < 1.29 is 14.3 Å². The summed E-state index contributed by atoms with van der Waals surface area (Å²) >= 11 is 0. The van der Waals surface area contributed by atoms with Crippen LogP contribution < -0.4 is 9.47 Å². The maximum absolute atomic E-state index is 13.0. The molecule has 2 aliphatic rings. The van der Waals surface area contributed by atoms with Crippen molar-refractivity contribution in [3.05, 3.63) is 70.8 Å². The van der Waals surface area contributed by atoms with Crippen LogP contribution in [0.4, 0.5) is 0 Å². The number of methoxy groups -OCH3 is 1. The average molecular weight is 406 g/mol. The first-order valence-corrected chi connectivity index (χ1v) is 10.9. The number of Topliss-reactive ketones (excluding diaryl/α,β-unsaturated/α-hetero) is 1. The summed E-state index contributed by atoms with van der Waals surface area (Å²) in [5.41, 5.74) is 4.10. The van der Waals surface area contributed by atoms with Gasteiger partial charge in [-0.15, -0.1) is 0 Å². The lowest BCUT2D eigenvalue weighted by Gasteiger charge is -2.30. The zero-order valence-electron chi connectivity index (χ0n) is 18.2. The first-order valence-electron chi connectivity index (χ1n) is 10.9. The highest BCUT2D eigenvalue weighted by molar-refractivity contribution is 6.13. The summed E-state index contributed by atoms with van der Waals surface area (Å²) in [4.78, 5) is 15.5. The second kappa shape index (κ2) is 9.05. The van der Waals surface area contributed by atoms with E-state index in [0.29, 0.717) is 23.8 Å². The number of rotatable bonds is 6. The van der Waals surface area contributed by atoms with E-state index in [4.69, 9.17) is 9.47 Å². The van der Waals surface area contributed by atoms with Crippen LogP contribution in [0.1, 0.15) is 48.2 Å². The smallest absolute Gasteiger partial charge is 0.189 e. The molecule has 30 heavy (non-hydrogen) atoms. The third-order valence-corrected chi connectivity index (χ3v) is 5.99. The zero-order chi connectivity index (χ0) is 21.1. The van der Waals surface area contributed by atoms with E-state index in [1.54, 1.807) is 7.11 Å². The molecule has 4 rings (SSSR count). The van der Waals surface area contributed by atoms with Crippen molar-refractivity contribution >= 4 is 5.78 Å². The lowest BCUT2D eigenvalue weighted by molar-refractivity contribution is 0.103. The van der Waals surface area contributed by atoms with Crippen LogP contribution in [0.25, 0.3) is 0 Å². The van der Waals surface area contributed by atoms with E-state index in [2.05, 4.69) is 41.3 Å². The second-order valence-corrected chi connectivity index (χ2v) is 8.62. The molecule has 1 saturated heterocycles. The fourth-order valence-electron chi connectivity index (χ4n) is 4.46. The van der Waals surface area contributed by atoms with Crippen molar-refractivity contribution in [3.63, 3.8) is 0 Å². The van der Waals surface area contributed by atoms with E-state index in [-0.39, 0.29) is 11.9 Å². The topological polar surface area (TPSA) is 38.8 Å². The van der Waals surface area contributed by atoms with Gasteiger partial charge in [-0.2, -0.15) is 0 Å². The highest BCUT2D eigenvalue weighted by Gasteiger charge is 2.29. The minimum absolute atomic E-state index is 0.0320. The number of allylic oxidation sites excluding steroid dienone is 2. The summed E-state index contributed by atoms with van der Waals surface area (Å²) in [5.74, 6) is 1.97. The van der Waals surface area contributed by atoms with Crippen molar-refractivity contribution in [3.8, 4) is 11.5 Å². The number of ether oxygens (including phenoxy) is 2. The Morgan fingerprint density at radius 2 is 1.83 bits per heavy atom. The lowest BCUT2D eigenvalue weighted by atomic mass is 9.93. The van der Waals surface area contributed by atoms with Crippen molar-refractivity contribution in [1.82, 2.24) is 4.90 Å². The Kier molecular flexibility index (Phi) is 6.24. The van der Waals surface area contributed by atoms with E-state index in [0.717, 1.165) is 49.2 Å². The predicted octanol–water partition coefficient (Wildman–Crippen LogP) is 5.06. The van der Waals surface area contributed by atoms with Crippen LogP contribution in [0.3, 0.4) is 0 Å². The number of nitrogens with zero attached hydrogens (tertiary/aromatic N) is 1. The van der Waals surface area contributed by atoms with Gasteiger partial charge >= 0.3 is 0 Å². The van der Waals surface area contributed by atoms with Gasteiger partial charge in [0.05, 0.1) is 13.2 Å². The number of ketones is 1. The standard InChI is InChI=1S/C26H31NO3/c1-18(2)30-25-16-23-21(15-24(25)29-3)14-22(26(23)28)13-19-9-11-27(12-10-19)17-20-7-5-4-6-8-20/h4-8,13,15-16,18-19H,9-12,14,17H2,1-3H3/b22-13-. The molecule has 0 bridgehead atoms. The van der Waals surface area contributed by atoms with E-state index in [1.165, 1.54) is 5.56 Å². The van der Waals surface area contributed by atoms with E-state index < -0.39 is 0 Å². The average Bonchev–Trinajstić information content (AvgIpc) is 3.04. The van der Waals surface area contributed by atoms with Crippen LogP contribution in [0.5, 0.6) is 11.5 Å². The quantitative estimate of drug-likeness (QED) is 0.630. The van der Waals surface area contributed by atoms with Gasteiger partial charge in [0.15, 0.2) is 17.3 Å². The van der Waals surface area contributed by atoms with E-state index >= 15 is 0 Å². The minimum Gasteiger partial charge on any atom is -0.493 e. The van der Waals surface area contributed by atoms with Gasteiger partial charge in [0.2, 0.25) is 0 Å². The number of hydrogen-bond donors (Lipinski definition) is 0. The summed E-state index contributed by atoms with van der Waals surface area (Å²) in [7, 11) is 1.64. The summed E-state index contributed by atoms with van der Waals surface area (Å²) in [6.07, 6.45) is 5.16. The van der Waals surface area contributed by atoms with Crippen molar-refractivity contribution in [2.24, 2.45) is 5.92 Å². The molecule has 0 spiro atoms. The number of carbonyl (C=O) groups is 1. The molecule has 0 N–H and O–H groups in total. The molecular formula is C26H31NO3. The Bertz CT molecular complexity index is 925. The Balaban J connectivity index is 1.42. The molecular weight excluding hydrogens is 374 g/mol. The Morgan fingerprint density at radius 1 is 1.10 bits per heavy atom. The van der Waals surface area contributed by atoms with Crippen molar-refractivity contribution in [2.45, 2.75) is 45.8 Å². The third kappa shape index (κ3) is 4.59. The summed E-state index contributed by atoms with van der Waals surface area (Å²) in [5, 5.41) is 0. The molecule has 4 nitrogen and oxygen atoms in total. The SMILES string of the molecule is COc1cc2c(cc1OC(C)C)C(=O)/C(=C\C1CCN(Cc3ccccc3)CC1)C2. The predicted molar refractivity (Wildman–Crippen MR) is 119 cm³/mol. The van der Waals surface area contributed by atoms with Crippen molar-refractivity contribution in [1.29, 1.82) is 0 Å². The Hall–Kier alpha value is -2.59. The van der Waals surface area contributed by atoms with Gasteiger partial charge in [-0.3, -0.25) is 9.69 Å². The van der Waals surface area contributed by atoms with Gasteiger partial charge in [-0.25, -0.2) is 0 Å². The van der Waals surface area contributed by atoms with Gasteiger partial charge in [0, 0.05) is 24.1 Å². The van der Waals surface area contributed by atoms with Crippen LogP contribution in [-0.4, -0.2) is 37.0 Å². The third-order valence-electron chi connectivity index (χ3n) is 5.99. The molecule has 0 saturated carbocycles. The Morgan fingerprint density at radius 3 is 2.50 bits per heavy atom. The van der Waals surface area contributed by atoms with Crippen LogP contribution in [0.15, 0.2) is 54.1 Å². The number of carbonyl (C=O) groups excluding carboxylic acids is 1. The molecule has 0 atom stereocenters. The van der Waals surface area contributed by atoms with Crippen molar-refractivity contribution in [2.75, 3.05) is 20.2 Å². The van der Waals surface area contributed by atoms with E-state index in [1.807, 2.05) is 26.0 Å². The largest absolute Gasteiger partial charge is 0.493 e. The minimum atomic E-state index is 0.0320. The maximum atomic E-state index is 13.0. The van der Waals surface area contributed by atoms with Crippen LogP contribution >= 0.6 is 0 Å². The molecule has 4 heteroatoms. The number of benzene rings is 2. The van der Waals surface area contributed by atoms with Gasteiger partial charge in [-0.05, 0) is 69.0 Å². The Labute approximate surface area is 179 Å². The molecule has 1 fully saturated rings. The lowest BCUT2D eigenvalue weighted by Crippen LogP contribution is -2.32. The first-order chi connectivity index (χ1) is 14.5. The number of likely N-dealkylation sites (tertiary alicyclic amines) is 1. The second-order valence-electron chi connectivity index (χ2n) is 8.62. The van der Waals surface area contributed by atoms with Gasteiger partial charge in [0.1, 0.15) is 0 Å². The van der Waals surface area contributed by atoms with Gasteiger partial charge in [-0.1, -0.05) is 36.4 Å². The normalized spacial score (nSPS) is 18.8. The highest BCUT2D eigenvalue weighted by atomic mass is 16.5. The van der Waals surface area contributed by atoms with Crippen LogP contribution in [0, 0.1) is 5.92 Å². The van der Waals surface area contributed by atoms with Crippen LogP contribution in [0.2, 0.25) is 0 Å². The molecule has 1 heterocycles. The summed E-state index contributed by atoms with van der Waals surface area (Å²) in [6, 6.07) is 14.5. The molecule has 0 unspecified atom stereocenters. The summed E-state index contributed by atoms with van der Waals surface area (Å²) in [6.45, 7) is 7.11. The molecule has 0 aromatic heterocycles. The fourth-order valence-corrected chi connectivity index (χ4v) is 4.46. The molecule has 158 valence electrons. The molecule has 0 radical (unpaired) electrons. The van der Waals surface area contributed by atoms with E-state index in [9.17, 15) is 4.79 Å². The molecule has 1 aliphatic heterocycles. The number of fused-ring (bicyclic) bond motifs is 1. The number of piperidine rings is 1. The zero-order valence-corrected chi connectivity index (χ0v) is 18.2. The molecule has 2 aromatic carbocycles. The maximum Gasteiger partial charge on any atom is 0.189 e. The monoisotopic (exact) mass is 405 g/mol. The van der Waals surface area contributed by atoms with Crippen LogP contribution in [-0.2, 0) is 13.0 Å². The fraction of sp³-hybridized carbons (Fsp3) is 0.423. The first kappa shape index (κ1) is 20.7. The summed E-state index contributed by atoms with van der Waals surface area (Å²) < 4.78 is 11.3.